The lowest BCUT2D eigenvalue weighted by Crippen LogP contribution is -2.30. The summed E-state index contributed by atoms with van der Waals surface area (Å²) in [5.74, 6) is 0.123. The second-order valence-corrected chi connectivity index (χ2v) is 4.24. The van der Waals surface area contributed by atoms with Crippen LogP contribution in [0.2, 0.25) is 0 Å². The molecular formula is C12H20N2O. The maximum absolute atomic E-state index is 11.4. The standard InChI is InChI=1S/C12H20N2O/c1-9(2)13-12(15)7-8-14-10(3)5-6-11(14)4/h5-6,9H,7-8H2,1-4H3,(H,13,15). The van der Waals surface area contributed by atoms with Crippen molar-refractivity contribution in [2.75, 3.05) is 0 Å². The highest BCUT2D eigenvalue weighted by molar-refractivity contribution is 5.76. The molecule has 0 bridgehead atoms. The van der Waals surface area contributed by atoms with Crippen molar-refractivity contribution in [1.29, 1.82) is 0 Å². The van der Waals surface area contributed by atoms with E-state index in [1.807, 2.05) is 13.8 Å². The minimum absolute atomic E-state index is 0.123. The van der Waals surface area contributed by atoms with Crippen LogP contribution in [0.25, 0.3) is 0 Å². The molecule has 0 aliphatic carbocycles. The SMILES string of the molecule is Cc1ccc(C)n1CCC(=O)NC(C)C. The molecule has 0 unspecified atom stereocenters. The van der Waals surface area contributed by atoms with Crippen molar-refractivity contribution in [2.45, 2.75) is 46.7 Å². The van der Waals surface area contributed by atoms with Gasteiger partial charge in [-0.15, -0.1) is 0 Å². The van der Waals surface area contributed by atoms with Crippen molar-refractivity contribution in [3.8, 4) is 0 Å². The summed E-state index contributed by atoms with van der Waals surface area (Å²) >= 11 is 0. The zero-order valence-electron chi connectivity index (χ0n) is 10.0. The Morgan fingerprint density at radius 2 is 1.87 bits per heavy atom. The number of aromatic nitrogens is 1. The van der Waals surface area contributed by atoms with E-state index in [1.165, 1.54) is 11.4 Å². The quantitative estimate of drug-likeness (QED) is 0.807. The molecule has 0 spiro atoms. The topological polar surface area (TPSA) is 34.0 Å². The molecule has 0 radical (unpaired) electrons. The van der Waals surface area contributed by atoms with Crippen molar-refractivity contribution < 1.29 is 4.79 Å². The summed E-state index contributed by atoms with van der Waals surface area (Å²) in [6, 6.07) is 4.38. The van der Waals surface area contributed by atoms with E-state index in [2.05, 4.69) is 35.9 Å². The van der Waals surface area contributed by atoms with Gasteiger partial charge < -0.3 is 9.88 Å². The Hall–Kier alpha value is -1.25. The van der Waals surface area contributed by atoms with Gasteiger partial charge in [0.05, 0.1) is 0 Å². The minimum Gasteiger partial charge on any atom is -0.354 e. The molecule has 0 saturated heterocycles. The molecule has 3 nitrogen and oxygen atoms in total. The average Bonchev–Trinajstić information content (AvgIpc) is 2.42. The van der Waals surface area contributed by atoms with Gasteiger partial charge in [0.2, 0.25) is 5.91 Å². The summed E-state index contributed by atoms with van der Waals surface area (Å²) in [4.78, 5) is 11.4. The first kappa shape index (κ1) is 11.8. The van der Waals surface area contributed by atoms with Crippen LogP contribution in [0.5, 0.6) is 0 Å². The van der Waals surface area contributed by atoms with E-state index in [9.17, 15) is 4.79 Å². The number of nitrogens with one attached hydrogen (secondary N) is 1. The average molecular weight is 208 g/mol. The molecule has 84 valence electrons. The first-order valence-corrected chi connectivity index (χ1v) is 5.43. The number of hydrogen-bond acceptors (Lipinski definition) is 1. The Kier molecular flexibility index (Phi) is 3.95. The van der Waals surface area contributed by atoms with Crippen LogP contribution in [0.3, 0.4) is 0 Å². The number of aryl methyl sites for hydroxylation is 2. The fraction of sp³-hybridized carbons (Fsp3) is 0.583. The Morgan fingerprint density at radius 1 is 1.33 bits per heavy atom. The maximum Gasteiger partial charge on any atom is 0.221 e. The Balaban J connectivity index is 2.47. The zero-order valence-corrected chi connectivity index (χ0v) is 10.0. The highest BCUT2D eigenvalue weighted by Crippen LogP contribution is 2.07. The van der Waals surface area contributed by atoms with Gasteiger partial charge in [-0.1, -0.05) is 0 Å². The van der Waals surface area contributed by atoms with Gasteiger partial charge in [-0.05, 0) is 39.8 Å². The largest absolute Gasteiger partial charge is 0.354 e. The van der Waals surface area contributed by atoms with Crippen LogP contribution in [-0.2, 0) is 11.3 Å². The smallest absolute Gasteiger partial charge is 0.221 e. The van der Waals surface area contributed by atoms with Gasteiger partial charge in [-0.25, -0.2) is 0 Å². The molecule has 0 fully saturated rings. The van der Waals surface area contributed by atoms with Crippen LogP contribution in [0.1, 0.15) is 31.7 Å². The van der Waals surface area contributed by atoms with Crippen LogP contribution in [-0.4, -0.2) is 16.5 Å². The van der Waals surface area contributed by atoms with Gasteiger partial charge in [-0.3, -0.25) is 4.79 Å². The molecule has 1 N–H and O–H groups in total. The Bertz CT molecular complexity index is 320. The highest BCUT2D eigenvalue weighted by atomic mass is 16.1. The molecule has 1 heterocycles. The first-order valence-electron chi connectivity index (χ1n) is 5.43. The molecular weight excluding hydrogens is 188 g/mol. The Morgan fingerprint density at radius 3 is 2.33 bits per heavy atom. The monoisotopic (exact) mass is 208 g/mol. The molecule has 0 saturated carbocycles. The fourth-order valence-corrected chi connectivity index (χ4v) is 1.66. The second kappa shape index (κ2) is 5.01. The van der Waals surface area contributed by atoms with E-state index in [0.29, 0.717) is 6.42 Å². The summed E-state index contributed by atoms with van der Waals surface area (Å²) < 4.78 is 2.17. The van der Waals surface area contributed by atoms with Crippen LogP contribution in [0, 0.1) is 13.8 Å². The molecule has 15 heavy (non-hydrogen) atoms. The van der Waals surface area contributed by atoms with E-state index in [0.717, 1.165) is 6.54 Å². The van der Waals surface area contributed by atoms with Crippen LogP contribution in [0.4, 0.5) is 0 Å². The molecule has 0 aliphatic heterocycles. The lowest BCUT2D eigenvalue weighted by molar-refractivity contribution is -0.121. The number of carbonyl (C=O) groups excluding carboxylic acids is 1. The zero-order chi connectivity index (χ0) is 11.4. The number of nitrogens with zero attached hydrogens (tertiary/aromatic N) is 1. The first-order chi connectivity index (χ1) is 7.00. The third kappa shape index (κ3) is 3.42. The summed E-state index contributed by atoms with van der Waals surface area (Å²) in [7, 11) is 0. The van der Waals surface area contributed by atoms with Gasteiger partial charge in [0.15, 0.2) is 0 Å². The van der Waals surface area contributed by atoms with E-state index >= 15 is 0 Å². The molecule has 0 aromatic carbocycles. The predicted molar refractivity (Wildman–Crippen MR) is 61.8 cm³/mol. The van der Waals surface area contributed by atoms with Crippen LogP contribution < -0.4 is 5.32 Å². The normalized spacial score (nSPS) is 10.7. The molecule has 3 heteroatoms. The van der Waals surface area contributed by atoms with Crippen LogP contribution in [0.15, 0.2) is 12.1 Å². The molecule has 0 atom stereocenters. The minimum atomic E-state index is 0.123. The molecule has 1 rings (SSSR count). The Labute approximate surface area is 91.5 Å². The molecule has 1 amide bonds. The number of amides is 1. The third-order valence-corrected chi connectivity index (χ3v) is 2.43. The summed E-state index contributed by atoms with van der Waals surface area (Å²) in [6.07, 6.45) is 0.550. The van der Waals surface area contributed by atoms with Gasteiger partial charge in [0.25, 0.3) is 0 Å². The van der Waals surface area contributed by atoms with E-state index < -0.39 is 0 Å². The van der Waals surface area contributed by atoms with E-state index in [-0.39, 0.29) is 11.9 Å². The van der Waals surface area contributed by atoms with Gasteiger partial charge in [-0.2, -0.15) is 0 Å². The molecule has 0 aliphatic rings. The van der Waals surface area contributed by atoms with Crippen molar-refractivity contribution in [2.24, 2.45) is 0 Å². The van der Waals surface area contributed by atoms with Crippen molar-refractivity contribution in [3.63, 3.8) is 0 Å². The highest BCUT2D eigenvalue weighted by Gasteiger charge is 2.05. The van der Waals surface area contributed by atoms with Crippen molar-refractivity contribution in [3.05, 3.63) is 23.5 Å². The van der Waals surface area contributed by atoms with Gasteiger partial charge >= 0.3 is 0 Å². The van der Waals surface area contributed by atoms with E-state index in [1.54, 1.807) is 0 Å². The lowest BCUT2D eigenvalue weighted by Gasteiger charge is -2.11. The summed E-state index contributed by atoms with van der Waals surface area (Å²) in [5, 5.41) is 2.89. The summed E-state index contributed by atoms with van der Waals surface area (Å²) in [6.45, 7) is 8.85. The van der Waals surface area contributed by atoms with Gasteiger partial charge in [0, 0.05) is 30.4 Å². The van der Waals surface area contributed by atoms with Crippen molar-refractivity contribution in [1.82, 2.24) is 9.88 Å². The second-order valence-electron chi connectivity index (χ2n) is 4.24. The van der Waals surface area contributed by atoms with Gasteiger partial charge in [0.1, 0.15) is 0 Å². The van der Waals surface area contributed by atoms with Crippen LogP contribution >= 0.6 is 0 Å². The maximum atomic E-state index is 11.4. The molecule has 1 aromatic rings. The number of hydrogen-bond donors (Lipinski definition) is 1. The van der Waals surface area contributed by atoms with Crippen molar-refractivity contribution >= 4 is 5.91 Å². The third-order valence-electron chi connectivity index (χ3n) is 2.43. The molecule has 1 aromatic heterocycles. The fourth-order valence-electron chi connectivity index (χ4n) is 1.66. The summed E-state index contributed by atoms with van der Waals surface area (Å²) in [5.41, 5.74) is 2.43. The number of rotatable bonds is 4. The predicted octanol–water partition coefficient (Wildman–Crippen LogP) is 2.02. The number of carbonyl (C=O) groups is 1. The van der Waals surface area contributed by atoms with E-state index in [4.69, 9.17) is 0 Å². The lowest BCUT2D eigenvalue weighted by atomic mass is 10.3.